The molecule has 0 bridgehead atoms. The van der Waals surface area contributed by atoms with Crippen LogP contribution in [0.25, 0.3) is 0 Å². The molecule has 1 saturated heterocycles. The Morgan fingerprint density at radius 1 is 1.50 bits per heavy atom. The van der Waals surface area contributed by atoms with E-state index in [4.69, 9.17) is 5.73 Å². The van der Waals surface area contributed by atoms with Crippen molar-refractivity contribution in [3.63, 3.8) is 0 Å². The maximum absolute atomic E-state index is 5.75. The first-order valence-corrected chi connectivity index (χ1v) is 5.74. The molecule has 78 valence electrons. The quantitative estimate of drug-likeness (QED) is 0.775. The van der Waals surface area contributed by atoms with E-state index in [2.05, 4.69) is 30.0 Å². The highest BCUT2D eigenvalue weighted by molar-refractivity contribution is 7.10. The number of aromatic nitrogens is 1. The van der Waals surface area contributed by atoms with Crippen LogP contribution in [0, 0.1) is 12.3 Å². The van der Waals surface area contributed by atoms with Crippen molar-refractivity contribution in [2.24, 2.45) is 5.41 Å². The van der Waals surface area contributed by atoms with Crippen LogP contribution in [0.2, 0.25) is 0 Å². The van der Waals surface area contributed by atoms with Crippen LogP contribution in [0.4, 0.5) is 10.8 Å². The maximum Gasteiger partial charge on any atom is 0.142 e. The number of rotatable bonds is 1. The van der Waals surface area contributed by atoms with Gasteiger partial charge in [0, 0.05) is 18.7 Å². The Bertz CT molecular complexity index is 343. The summed E-state index contributed by atoms with van der Waals surface area (Å²) in [5, 5.41) is 1.26. The summed E-state index contributed by atoms with van der Waals surface area (Å²) in [5.41, 5.74) is 7.33. The summed E-state index contributed by atoms with van der Waals surface area (Å²) in [6, 6.07) is 0. The Labute approximate surface area is 89.1 Å². The Hall–Kier alpha value is -0.770. The van der Waals surface area contributed by atoms with E-state index in [0.717, 1.165) is 18.7 Å². The molecule has 1 fully saturated rings. The molecule has 0 atom stereocenters. The minimum Gasteiger partial charge on any atom is -0.383 e. The summed E-state index contributed by atoms with van der Waals surface area (Å²) in [6.07, 6.45) is 1.25. The lowest BCUT2D eigenvalue weighted by molar-refractivity contribution is 0.419. The first kappa shape index (κ1) is 9.77. The van der Waals surface area contributed by atoms with Crippen LogP contribution in [0.15, 0.2) is 0 Å². The number of hydrogen-bond acceptors (Lipinski definition) is 4. The predicted molar refractivity (Wildman–Crippen MR) is 61.9 cm³/mol. The molecule has 1 aliphatic rings. The first-order chi connectivity index (χ1) is 6.49. The van der Waals surface area contributed by atoms with Crippen LogP contribution in [0.3, 0.4) is 0 Å². The van der Waals surface area contributed by atoms with Crippen molar-refractivity contribution >= 4 is 22.4 Å². The molecule has 1 aromatic rings. The second-order valence-corrected chi connectivity index (χ2v) is 5.59. The SMILES string of the molecule is Cc1c(N)nsc1N1CCC(C)(C)C1. The van der Waals surface area contributed by atoms with E-state index in [0.29, 0.717) is 11.2 Å². The van der Waals surface area contributed by atoms with Crippen molar-refractivity contribution in [3.8, 4) is 0 Å². The van der Waals surface area contributed by atoms with Gasteiger partial charge in [0.25, 0.3) is 0 Å². The summed E-state index contributed by atoms with van der Waals surface area (Å²) < 4.78 is 4.19. The number of nitrogens with zero attached hydrogens (tertiary/aromatic N) is 2. The second-order valence-electron chi connectivity index (χ2n) is 4.83. The fourth-order valence-corrected chi connectivity index (χ4v) is 2.75. The predicted octanol–water partition coefficient (Wildman–Crippen LogP) is 2.27. The van der Waals surface area contributed by atoms with Crippen LogP contribution < -0.4 is 10.6 Å². The van der Waals surface area contributed by atoms with E-state index in [9.17, 15) is 0 Å². The van der Waals surface area contributed by atoms with Crippen LogP contribution in [0.5, 0.6) is 0 Å². The second kappa shape index (κ2) is 3.12. The molecule has 1 aliphatic heterocycles. The van der Waals surface area contributed by atoms with Crippen molar-refractivity contribution in [2.75, 3.05) is 23.7 Å². The number of nitrogen functional groups attached to an aromatic ring is 1. The van der Waals surface area contributed by atoms with Gasteiger partial charge in [-0.1, -0.05) is 13.8 Å². The molecule has 2 heterocycles. The van der Waals surface area contributed by atoms with Gasteiger partial charge in [0.15, 0.2) is 0 Å². The number of hydrogen-bond donors (Lipinski definition) is 1. The van der Waals surface area contributed by atoms with Gasteiger partial charge in [-0.3, -0.25) is 0 Å². The highest BCUT2D eigenvalue weighted by Gasteiger charge is 2.31. The minimum atomic E-state index is 0.436. The van der Waals surface area contributed by atoms with Crippen LogP contribution in [0.1, 0.15) is 25.8 Å². The molecule has 0 aliphatic carbocycles. The zero-order valence-electron chi connectivity index (χ0n) is 9.00. The van der Waals surface area contributed by atoms with Gasteiger partial charge in [0.05, 0.1) is 0 Å². The average Bonchev–Trinajstić information content (AvgIpc) is 2.59. The molecule has 3 nitrogen and oxygen atoms in total. The molecule has 0 spiro atoms. The zero-order chi connectivity index (χ0) is 10.3. The van der Waals surface area contributed by atoms with Gasteiger partial charge in [0.2, 0.25) is 0 Å². The molecule has 0 unspecified atom stereocenters. The van der Waals surface area contributed by atoms with Gasteiger partial charge in [-0.25, -0.2) is 0 Å². The third-order valence-electron chi connectivity index (χ3n) is 2.90. The smallest absolute Gasteiger partial charge is 0.142 e. The van der Waals surface area contributed by atoms with Gasteiger partial charge in [-0.05, 0) is 30.3 Å². The normalized spacial score (nSPS) is 20.4. The molecule has 0 saturated carbocycles. The van der Waals surface area contributed by atoms with E-state index in [-0.39, 0.29) is 0 Å². The van der Waals surface area contributed by atoms with E-state index < -0.39 is 0 Å². The Kier molecular flexibility index (Phi) is 2.18. The third-order valence-corrected chi connectivity index (χ3v) is 3.93. The van der Waals surface area contributed by atoms with Gasteiger partial charge in [0.1, 0.15) is 10.8 Å². The molecule has 4 heteroatoms. The summed E-state index contributed by atoms with van der Waals surface area (Å²) in [7, 11) is 0. The molecule has 0 amide bonds. The van der Waals surface area contributed by atoms with Crippen molar-refractivity contribution in [2.45, 2.75) is 27.2 Å². The van der Waals surface area contributed by atoms with Gasteiger partial charge in [-0.15, -0.1) is 0 Å². The standard InChI is InChI=1S/C10H17N3S/c1-7-8(11)12-14-9(7)13-5-4-10(2,3)6-13/h4-6H2,1-3H3,(H2,11,12). The Morgan fingerprint density at radius 3 is 2.64 bits per heavy atom. The lowest BCUT2D eigenvalue weighted by Gasteiger charge is -2.20. The van der Waals surface area contributed by atoms with E-state index >= 15 is 0 Å². The minimum absolute atomic E-state index is 0.436. The molecule has 2 N–H and O–H groups in total. The maximum atomic E-state index is 5.75. The van der Waals surface area contributed by atoms with Gasteiger partial charge in [-0.2, -0.15) is 4.37 Å². The molecule has 0 radical (unpaired) electrons. The lowest BCUT2D eigenvalue weighted by atomic mass is 9.93. The summed E-state index contributed by atoms with van der Waals surface area (Å²) in [4.78, 5) is 2.41. The van der Waals surface area contributed by atoms with Crippen molar-refractivity contribution in [1.82, 2.24) is 4.37 Å². The molecule has 2 rings (SSSR count). The molecular formula is C10H17N3S. The topological polar surface area (TPSA) is 42.1 Å². The summed E-state index contributed by atoms with van der Waals surface area (Å²) >= 11 is 1.53. The zero-order valence-corrected chi connectivity index (χ0v) is 9.82. The molecule has 14 heavy (non-hydrogen) atoms. The van der Waals surface area contributed by atoms with E-state index in [1.54, 1.807) is 0 Å². The van der Waals surface area contributed by atoms with Crippen molar-refractivity contribution < 1.29 is 0 Å². The first-order valence-electron chi connectivity index (χ1n) is 4.96. The highest BCUT2D eigenvalue weighted by Crippen LogP contribution is 2.37. The van der Waals surface area contributed by atoms with Crippen LogP contribution in [-0.2, 0) is 0 Å². The fraction of sp³-hybridized carbons (Fsp3) is 0.700. The highest BCUT2D eigenvalue weighted by atomic mass is 32.1. The van der Waals surface area contributed by atoms with E-state index in [1.807, 2.05) is 0 Å². The lowest BCUT2D eigenvalue weighted by Crippen LogP contribution is -2.22. The monoisotopic (exact) mass is 211 g/mol. The largest absolute Gasteiger partial charge is 0.383 e. The van der Waals surface area contributed by atoms with Crippen LogP contribution in [-0.4, -0.2) is 17.5 Å². The Balaban J connectivity index is 2.22. The average molecular weight is 211 g/mol. The fourth-order valence-electron chi connectivity index (χ4n) is 1.92. The van der Waals surface area contributed by atoms with Gasteiger partial charge < -0.3 is 10.6 Å². The summed E-state index contributed by atoms with van der Waals surface area (Å²) in [6.45, 7) is 8.93. The Morgan fingerprint density at radius 2 is 2.21 bits per heavy atom. The molecule has 1 aromatic heterocycles. The van der Waals surface area contributed by atoms with E-state index in [1.165, 1.54) is 23.0 Å². The molecular weight excluding hydrogens is 194 g/mol. The molecule has 0 aromatic carbocycles. The van der Waals surface area contributed by atoms with Crippen molar-refractivity contribution in [1.29, 1.82) is 0 Å². The third kappa shape index (κ3) is 1.59. The van der Waals surface area contributed by atoms with Gasteiger partial charge >= 0.3 is 0 Å². The van der Waals surface area contributed by atoms with Crippen molar-refractivity contribution in [3.05, 3.63) is 5.56 Å². The van der Waals surface area contributed by atoms with Crippen LogP contribution >= 0.6 is 11.5 Å². The number of anilines is 2. The summed E-state index contributed by atoms with van der Waals surface area (Å²) in [5.74, 6) is 0.690. The number of nitrogens with two attached hydrogens (primary N) is 1.